The van der Waals surface area contributed by atoms with Gasteiger partial charge < -0.3 is 4.74 Å². The van der Waals surface area contributed by atoms with E-state index in [2.05, 4.69) is 0 Å². The largest absolute Gasteiger partial charge is 0.497 e. The summed E-state index contributed by atoms with van der Waals surface area (Å²) in [5.74, 6) is 1.14. The standard InChI is InChI=1S/C13H14O2/c1-15-10-3-2-9-4-5-13(6-7-13)12(14)11(9)8-10/h2-3,8H,4-7H2,1H3. The molecule has 0 aliphatic heterocycles. The van der Waals surface area contributed by atoms with Crippen LogP contribution >= 0.6 is 0 Å². The summed E-state index contributed by atoms with van der Waals surface area (Å²) in [6.07, 6.45) is 4.27. The van der Waals surface area contributed by atoms with Crippen LogP contribution in [0.25, 0.3) is 0 Å². The van der Waals surface area contributed by atoms with Gasteiger partial charge in [0.15, 0.2) is 5.78 Å². The molecule has 3 rings (SSSR count). The van der Waals surface area contributed by atoms with Gasteiger partial charge in [0.1, 0.15) is 5.75 Å². The number of benzene rings is 1. The third-order valence-electron chi connectivity index (χ3n) is 3.77. The number of aryl methyl sites for hydroxylation is 1. The third-order valence-corrected chi connectivity index (χ3v) is 3.77. The fraction of sp³-hybridized carbons (Fsp3) is 0.462. The van der Waals surface area contributed by atoms with Gasteiger partial charge in [-0.05, 0) is 43.4 Å². The SMILES string of the molecule is COc1ccc2c(c1)C(=O)C1(CC2)CC1. The lowest BCUT2D eigenvalue weighted by Crippen LogP contribution is -2.23. The van der Waals surface area contributed by atoms with E-state index in [0.717, 1.165) is 37.0 Å². The van der Waals surface area contributed by atoms with Crippen molar-refractivity contribution >= 4 is 5.78 Å². The van der Waals surface area contributed by atoms with E-state index in [9.17, 15) is 4.79 Å². The molecule has 0 unspecified atom stereocenters. The Morgan fingerprint density at radius 1 is 1.27 bits per heavy atom. The molecule has 2 heteroatoms. The third kappa shape index (κ3) is 1.21. The van der Waals surface area contributed by atoms with E-state index in [1.54, 1.807) is 7.11 Å². The lowest BCUT2D eigenvalue weighted by Gasteiger charge is -2.23. The maximum absolute atomic E-state index is 12.2. The number of Topliss-reactive ketones (excluding diaryl/α,β-unsaturated/α-hetero) is 1. The van der Waals surface area contributed by atoms with E-state index in [0.29, 0.717) is 5.78 Å². The van der Waals surface area contributed by atoms with Gasteiger partial charge in [-0.15, -0.1) is 0 Å². The van der Waals surface area contributed by atoms with Crippen LogP contribution in [-0.2, 0) is 6.42 Å². The van der Waals surface area contributed by atoms with E-state index in [1.807, 2.05) is 18.2 Å². The minimum absolute atomic E-state index is 0.0271. The summed E-state index contributed by atoms with van der Waals surface area (Å²) in [5, 5.41) is 0. The summed E-state index contributed by atoms with van der Waals surface area (Å²) in [5.41, 5.74) is 2.12. The van der Waals surface area contributed by atoms with Crippen molar-refractivity contribution in [1.82, 2.24) is 0 Å². The normalized spacial score (nSPS) is 21.3. The van der Waals surface area contributed by atoms with Crippen molar-refractivity contribution in [2.45, 2.75) is 25.7 Å². The highest BCUT2D eigenvalue weighted by Gasteiger charge is 2.51. The Morgan fingerprint density at radius 3 is 2.73 bits per heavy atom. The number of carbonyl (C=O) groups excluding carboxylic acids is 1. The second-order valence-corrected chi connectivity index (χ2v) is 4.63. The average molecular weight is 202 g/mol. The summed E-state index contributed by atoms with van der Waals surface area (Å²) in [6.45, 7) is 0. The predicted molar refractivity (Wildman–Crippen MR) is 57.3 cm³/mol. The molecule has 1 spiro atoms. The minimum Gasteiger partial charge on any atom is -0.497 e. The van der Waals surface area contributed by atoms with E-state index in [-0.39, 0.29) is 5.41 Å². The number of ether oxygens (including phenoxy) is 1. The van der Waals surface area contributed by atoms with Crippen LogP contribution in [0.3, 0.4) is 0 Å². The van der Waals surface area contributed by atoms with Crippen LogP contribution in [0.15, 0.2) is 18.2 Å². The molecule has 0 atom stereocenters. The van der Waals surface area contributed by atoms with Crippen molar-refractivity contribution in [2.24, 2.45) is 5.41 Å². The Balaban J connectivity index is 2.08. The molecule has 0 bridgehead atoms. The first kappa shape index (κ1) is 8.96. The molecule has 0 amide bonds. The zero-order valence-electron chi connectivity index (χ0n) is 8.88. The molecule has 0 saturated heterocycles. The average Bonchev–Trinajstić information content (AvgIpc) is 3.05. The van der Waals surface area contributed by atoms with Crippen LogP contribution in [0.1, 0.15) is 35.2 Å². The van der Waals surface area contributed by atoms with E-state index >= 15 is 0 Å². The number of hydrogen-bond donors (Lipinski definition) is 0. The van der Waals surface area contributed by atoms with Gasteiger partial charge in [0.25, 0.3) is 0 Å². The van der Waals surface area contributed by atoms with Gasteiger partial charge in [0.2, 0.25) is 0 Å². The lowest BCUT2D eigenvalue weighted by molar-refractivity contribution is 0.0880. The van der Waals surface area contributed by atoms with Gasteiger partial charge in [0, 0.05) is 11.0 Å². The van der Waals surface area contributed by atoms with Crippen molar-refractivity contribution in [3.63, 3.8) is 0 Å². The summed E-state index contributed by atoms with van der Waals surface area (Å²) in [4.78, 5) is 12.2. The molecule has 2 nitrogen and oxygen atoms in total. The van der Waals surface area contributed by atoms with Crippen molar-refractivity contribution in [2.75, 3.05) is 7.11 Å². The van der Waals surface area contributed by atoms with E-state index < -0.39 is 0 Å². The Kier molecular flexibility index (Phi) is 1.70. The predicted octanol–water partition coefficient (Wildman–Crippen LogP) is 2.60. The lowest BCUT2D eigenvalue weighted by atomic mass is 9.80. The Bertz CT molecular complexity index is 430. The smallest absolute Gasteiger partial charge is 0.169 e. The molecule has 0 N–H and O–H groups in total. The monoisotopic (exact) mass is 202 g/mol. The molecule has 1 fully saturated rings. The summed E-state index contributed by atoms with van der Waals surface area (Å²) >= 11 is 0. The van der Waals surface area contributed by atoms with Crippen molar-refractivity contribution in [3.05, 3.63) is 29.3 Å². The highest BCUT2D eigenvalue weighted by Crippen LogP contribution is 2.54. The quantitative estimate of drug-likeness (QED) is 0.699. The Hall–Kier alpha value is -1.31. The molecule has 0 aromatic heterocycles. The Morgan fingerprint density at radius 2 is 2.07 bits per heavy atom. The maximum atomic E-state index is 12.2. The summed E-state index contributed by atoms with van der Waals surface area (Å²) < 4.78 is 5.16. The molecule has 0 radical (unpaired) electrons. The maximum Gasteiger partial charge on any atom is 0.169 e. The molecular weight excluding hydrogens is 188 g/mol. The molecule has 15 heavy (non-hydrogen) atoms. The fourth-order valence-electron chi connectivity index (χ4n) is 2.51. The second kappa shape index (κ2) is 2.84. The van der Waals surface area contributed by atoms with Crippen LogP contribution in [-0.4, -0.2) is 12.9 Å². The number of ketones is 1. The number of rotatable bonds is 1. The number of carbonyl (C=O) groups is 1. The minimum atomic E-state index is 0.0271. The highest BCUT2D eigenvalue weighted by atomic mass is 16.5. The highest BCUT2D eigenvalue weighted by molar-refractivity contribution is 6.04. The molecule has 1 saturated carbocycles. The van der Waals surface area contributed by atoms with Gasteiger partial charge in [-0.1, -0.05) is 6.07 Å². The first-order valence-corrected chi connectivity index (χ1v) is 5.47. The van der Waals surface area contributed by atoms with Crippen LogP contribution < -0.4 is 4.74 Å². The summed E-state index contributed by atoms with van der Waals surface area (Å²) in [6, 6.07) is 5.87. The van der Waals surface area contributed by atoms with Gasteiger partial charge in [-0.2, -0.15) is 0 Å². The number of fused-ring (bicyclic) bond motifs is 1. The van der Waals surface area contributed by atoms with E-state index in [4.69, 9.17) is 4.74 Å². The summed E-state index contributed by atoms with van der Waals surface area (Å²) in [7, 11) is 1.64. The van der Waals surface area contributed by atoms with E-state index in [1.165, 1.54) is 5.56 Å². The van der Waals surface area contributed by atoms with Crippen molar-refractivity contribution in [1.29, 1.82) is 0 Å². The zero-order chi connectivity index (χ0) is 10.5. The molecule has 1 aromatic carbocycles. The molecule has 2 aliphatic rings. The second-order valence-electron chi connectivity index (χ2n) is 4.63. The molecule has 78 valence electrons. The first-order chi connectivity index (χ1) is 7.25. The van der Waals surface area contributed by atoms with Crippen LogP contribution in [0.4, 0.5) is 0 Å². The number of hydrogen-bond acceptors (Lipinski definition) is 2. The molecule has 0 heterocycles. The van der Waals surface area contributed by atoms with Crippen LogP contribution in [0.2, 0.25) is 0 Å². The number of methoxy groups -OCH3 is 1. The van der Waals surface area contributed by atoms with Crippen LogP contribution in [0, 0.1) is 5.41 Å². The van der Waals surface area contributed by atoms with Gasteiger partial charge in [-0.25, -0.2) is 0 Å². The Labute approximate surface area is 89.2 Å². The van der Waals surface area contributed by atoms with Crippen molar-refractivity contribution in [3.8, 4) is 5.75 Å². The fourth-order valence-corrected chi connectivity index (χ4v) is 2.51. The van der Waals surface area contributed by atoms with Gasteiger partial charge in [0.05, 0.1) is 7.11 Å². The van der Waals surface area contributed by atoms with Crippen molar-refractivity contribution < 1.29 is 9.53 Å². The van der Waals surface area contributed by atoms with Gasteiger partial charge >= 0.3 is 0 Å². The zero-order valence-corrected chi connectivity index (χ0v) is 8.88. The van der Waals surface area contributed by atoms with Crippen LogP contribution in [0.5, 0.6) is 5.75 Å². The topological polar surface area (TPSA) is 26.3 Å². The first-order valence-electron chi connectivity index (χ1n) is 5.47. The molecule has 2 aliphatic carbocycles. The molecule has 1 aromatic rings. The van der Waals surface area contributed by atoms with Gasteiger partial charge in [-0.3, -0.25) is 4.79 Å². The molecular formula is C13H14O2.